The van der Waals surface area contributed by atoms with Gasteiger partial charge in [0.1, 0.15) is 5.76 Å². The topological polar surface area (TPSA) is 51.2 Å². The Morgan fingerprint density at radius 3 is 2.67 bits per heavy atom. The number of hydrogen-bond acceptors (Lipinski definition) is 5. The Hall–Kier alpha value is -2.21. The number of methoxy groups -OCH3 is 2. The number of amides is 1. The third kappa shape index (κ3) is 3.50. The molecule has 1 aliphatic heterocycles. The zero-order chi connectivity index (χ0) is 19.6. The van der Waals surface area contributed by atoms with Crippen LogP contribution in [0.3, 0.4) is 0 Å². The number of likely N-dealkylation sites (tertiary alicyclic amines) is 1. The Balaban J connectivity index is 1.91. The first-order chi connectivity index (χ1) is 12.9. The summed E-state index contributed by atoms with van der Waals surface area (Å²) in [6.45, 7) is 3.57. The molecule has 1 aliphatic carbocycles. The van der Waals surface area contributed by atoms with Gasteiger partial charge in [-0.2, -0.15) is 0 Å². The summed E-state index contributed by atoms with van der Waals surface area (Å²) in [5.74, 6) is 2.27. The highest BCUT2D eigenvalue weighted by atomic mass is 16.6. The van der Waals surface area contributed by atoms with Crippen molar-refractivity contribution in [3.63, 3.8) is 0 Å². The summed E-state index contributed by atoms with van der Waals surface area (Å²) in [6, 6.07) is 6.41. The van der Waals surface area contributed by atoms with Gasteiger partial charge in [-0.1, -0.05) is 6.07 Å². The van der Waals surface area contributed by atoms with Crippen LogP contribution in [-0.4, -0.2) is 63.3 Å². The monoisotopic (exact) mass is 374 g/mol. The minimum Gasteiger partial charge on any atom is -0.493 e. The normalized spacial score (nSPS) is 24.8. The van der Waals surface area contributed by atoms with Crippen LogP contribution in [0.15, 0.2) is 30.0 Å². The highest BCUT2D eigenvalue weighted by Gasteiger charge is 2.48. The lowest BCUT2D eigenvalue weighted by Gasteiger charge is -2.40. The minimum atomic E-state index is -0.289. The van der Waals surface area contributed by atoms with E-state index in [1.54, 1.807) is 26.2 Å². The Kier molecular flexibility index (Phi) is 5.65. The first-order valence-electron chi connectivity index (χ1n) is 9.51. The van der Waals surface area contributed by atoms with E-state index in [1.807, 2.05) is 13.0 Å². The summed E-state index contributed by atoms with van der Waals surface area (Å²) < 4.78 is 16.6. The third-order valence-electron chi connectivity index (χ3n) is 6.08. The van der Waals surface area contributed by atoms with Crippen molar-refractivity contribution in [2.75, 3.05) is 41.4 Å². The molecule has 6 heteroatoms. The number of hydrogen-bond donors (Lipinski definition) is 0. The average Bonchev–Trinajstić information content (AvgIpc) is 3.04. The molecule has 1 amide bonds. The van der Waals surface area contributed by atoms with Gasteiger partial charge < -0.3 is 19.1 Å². The summed E-state index contributed by atoms with van der Waals surface area (Å²) in [7, 11) is 7.20. The summed E-state index contributed by atoms with van der Waals surface area (Å²) in [5, 5.41) is 0. The van der Waals surface area contributed by atoms with Crippen LogP contribution in [-0.2, 0) is 10.2 Å². The van der Waals surface area contributed by atoms with Gasteiger partial charge in [-0.3, -0.25) is 4.90 Å². The highest BCUT2D eigenvalue weighted by molar-refractivity contribution is 5.68. The zero-order valence-corrected chi connectivity index (χ0v) is 16.9. The lowest BCUT2D eigenvalue weighted by Crippen LogP contribution is -2.43. The van der Waals surface area contributed by atoms with Gasteiger partial charge in [0, 0.05) is 31.5 Å². The Bertz CT molecular complexity index is 733. The van der Waals surface area contributed by atoms with Gasteiger partial charge >= 0.3 is 6.09 Å². The Labute approximate surface area is 161 Å². The van der Waals surface area contributed by atoms with E-state index >= 15 is 0 Å². The van der Waals surface area contributed by atoms with Crippen LogP contribution in [0.2, 0.25) is 0 Å². The van der Waals surface area contributed by atoms with Gasteiger partial charge in [-0.25, -0.2) is 4.79 Å². The number of allylic oxidation sites excluding steroid dienone is 1. The molecular formula is C21H30N2O4. The van der Waals surface area contributed by atoms with E-state index in [4.69, 9.17) is 14.2 Å². The largest absolute Gasteiger partial charge is 0.493 e. The standard InChI is InChI=1S/C21H30N2O4/c1-6-22(2)20(24)27-16-9-10-21(11-12-23(3)19(21)14-16)15-7-8-17(25-4)18(13-15)26-5/h7-8,13-14,19H,6,9-12H2,1-5H3. The summed E-state index contributed by atoms with van der Waals surface area (Å²) in [5.41, 5.74) is 1.25. The molecule has 1 aromatic rings. The van der Waals surface area contributed by atoms with Gasteiger partial charge in [0.05, 0.1) is 14.2 Å². The quantitative estimate of drug-likeness (QED) is 0.791. The van der Waals surface area contributed by atoms with Crippen molar-refractivity contribution >= 4 is 6.09 Å². The first kappa shape index (κ1) is 19.5. The van der Waals surface area contributed by atoms with Crippen molar-refractivity contribution in [2.45, 2.75) is 37.6 Å². The van der Waals surface area contributed by atoms with E-state index in [1.165, 1.54) is 5.56 Å². The number of fused-ring (bicyclic) bond motifs is 1. The molecule has 0 saturated carbocycles. The van der Waals surface area contributed by atoms with E-state index < -0.39 is 0 Å². The molecule has 1 fully saturated rings. The van der Waals surface area contributed by atoms with Crippen LogP contribution in [0.25, 0.3) is 0 Å². The van der Waals surface area contributed by atoms with Crippen molar-refractivity contribution in [3.8, 4) is 11.5 Å². The van der Waals surface area contributed by atoms with Crippen molar-refractivity contribution in [3.05, 3.63) is 35.6 Å². The van der Waals surface area contributed by atoms with Crippen LogP contribution >= 0.6 is 0 Å². The van der Waals surface area contributed by atoms with Gasteiger partial charge in [-0.15, -0.1) is 0 Å². The zero-order valence-electron chi connectivity index (χ0n) is 16.9. The molecule has 2 unspecified atom stereocenters. The van der Waals surface area contributed by atoms with Gasteiger partial charge in [-0.05, 0) is 57.1 Å². The minimum absolute atomic E-state index is 0.000860. The molecule has 0 radical (unpaired) electrons. The Morgan fingerprint density at radius 1 is 1.26 bits per heavy atom. The van der Waals surface area contributed by atoms with Crippen LogP contribution in [0.4, 0.5) is 4.79 Å². The number of carbonyl (C=O) groups is 1. The van der Waals surface area contributed by atoms with E-state index in [9.17, 15) is 4.79 Å². The van der Waals surface area contributed by atoms with Gasteiger partial charge in [0.15, 0.2) is 11.5 Å². The Morgan fingerprint density at radius 2 is 2.00 bits per heavy atom. The van der Waals surface area contributed by atoms with Gasteiger partial charge in [0.25, 0.3) is 0 Å². The molecule has 2 atom stereocenters. The maximum Gasteiger partial charge on any atom is 0.414 e. The van der Waals surface area contributed by atoms with Crippen molar-refractivity contribution < 1.29 is 19.0 Å². The molecule has 0 N–H and O–H groups in total. The number of benzene rings is 1. The molecule has 6 nitrogen and oxygen atoms in total. The number of rotatable bonds is 5. The third-order valence-corrected chi connectivity index (χ3v) is 6.08. The molecule has 1 aromatic carbocycles. The fourth-order valence-corrected chi connectivity index (χ4v) is 4.26. The second kappa shape index (κ2) is 7.80. The summed E-state index contributed by atoms with van der Waals surface area (Å²) in [4.78, 5) is 16.1. The summed E-state index contributed by atoms with van der Waals surface area (Å²) in [6.07, 6.45) is 4.60. The second-order valence-electron chi connectivity index (χ2n) is 7.42. The number of ether oxygens (including phenoxy) is 3. The molecule has 148 valence electrons. The second-order valence-corrected chi connectivity index (χ2v) is 7.42. The van der Waals surface area contributed by atoms with Crippen LogP contribution in [0.5, 0.6) is 11.5 Å². The SMILES string of the molecule is CCN(C)C(=O)OC1=CC2N(C)CCC2(c2ccc(OC)c(OC)c2)CC1. The summed E-state index contributed by atoms with van der Waals surface area (Å²) >= 11 is 0. The first-order valence-corrected chi connectivity index (χ1v) is 9.51. The lowest BCUT2D eigenvalue weighted by molar-refractivity contribution is 0.129. The molecule has 1 heterocycles. The molecule has 27 heavy (non-hydrogen) atoms. The lowest BCUT2D eigenvalue weighted by atomic mass is 9.68. The molecule has 0 aromatic heterocycles. The molecule has 2 aliphatic rings. The molecule has 3 rings (SSSR count). The van der Waals surface area contributed by atoms with Gasteiger partial charge in [0.2, 0.25) is 0 Å². The van der Waals surface area contributed by atoms with Crippen molar-refractivity contribution in [2.24, 2.45) is 0 Å². The predicted molar refractivity (Wildman–Crippen MR) is 104 cm³/mol. The molecule has 0 spiro atoms. The van der Waals surface area contributed by atoms with E-state index in [-0.39, 0.29) is 17.6 Å². The smallest absolute Gasteiger partial charge is 0.414 e. The maximum absolute atomic E-state index is 12.1. The van der Waals surface area contributed by atoms with E-state index in [2.05, 4.69) is 30.2 Å². The van der Waals surface area contributed by atoms with Crippen molar-refractivity contribution in [1.82, 2.24) is 9.80 Å². The average molecular weight is 374 g/mol. The number of nitrogens with zero attached hydrogens (tertiary/aromatic N) is 2. The highest BCUT2D eigenvalue weighted by Crippen LogP contribution is 2.49. The van der Waals surface area contributed by atoms with E-state index in [0.29, 0.717) is 6.54 Å². The van der Waals surface area contributed by atoms with Crippen LogP contribution in [0.1, 0.15) is 31.7 Å². The number of carbonyl (C=O) groups excluding carboxylic acids is 1. The number of likely N-dealkylation sites (N-methyl/N-ethyl adjacent to an activating group) is 1. The van der Waals surface area contributed by atoms with Crippen LogP contribution < -0.4 is 9.47 Å². The van der Waals surface area contributed by atoms with Crippen molar-refractivity contribution in [1.29, 1.82) is 0 Å². The molecule has 0 bridgehead atoms. The fourth-order valence-electron chi connectivity index (χ4n) is 4.26. The van der Waals surface area contributed by atoms with E-state index in [0.717, 1.165) is 43.1 Å². The maximum atomic E-state index is 12.1. The molecule has 1 saturated heterocycles. The molecular weight excluding hydrogens is 344 g/mol. The van der Waals surface area contributed by atoms with Crippen LogP contribution in [0, 0.1) is 0 Å². The fraction of sp³-hybridized carbons (Fsp3) is 0.571. The predicted octanol–water partition coefficient (Wildman–Crippen LogP) is 3.41.